The van der Waals surface area contributed by atoms with E-state index in [0.29, 0.717) is 11.5 Å². The van der Waals surface area contributed by atoms with Crippen molar-refractivity contribution in [3.8, 4) is 16.3 Å². The molecule has 1 aromatic carbocycles. The molecule has 0 unspecified atom stereocenters. The van der Waals surface area contributed by atoms with E-state index in [1.807, 2.05) is 58.7 Å². The topological polar surface area (TPSA) is 77.1 Å². The Labute approximate surface area is 175 Å². The lowest BCUT2D eigenvalue weighted by atomic mass is 10.2. The summed E-state index contributed by atoms with van der Waals surface area (Å²) in [6, 6.07) is 17.4. The molecule has 0 aliphatic rings. The Bertz CT molecular complexity index is 1330. The van der Waals surface area contributed by atoms with E-state index in [9.17, 15) is 4.79 Å². The van der Waals surface area contributed by atoms with Crippen LogP contribution in [0.4, 0.5) is 5.82 Å². The largest absolute Gasteiger partial charge is 0.307 e. The highest BCUT2D eigenvalue weighted by atomic mass is 32.1. The van der Waals surface area contributed by atoms with Gasteiger partial charge in [0, 0.05) is 30.1 Å². The fourth-order valence-electron chi connectivity index (χ4n) is 3.09. The molecule has 0 aliphatic carbocycles. The van der Waals surface area contributed by atoms with Crippen LogP contribution in [0.5, 0.6) is 0 Å². The van der Waals surface area contributed by atoms with Crippen molar-refractivity contribution in [2.75, 3.05) is 5.32 Å². The van der Waals surface area contributed by atoms with Gasteiger partial charge in [0.05, 0.1) is 16.8 Å². The molecule has 0 atom stereocenters. The first-order valence-electron chi connectivity index (χ1n) is 9.25. The van der Waals surface area contributed by atoms with Gasteiger partial charge in [-0.1, -0.05) is 24.3 Å². The van der Waals surface area contributed by atoms with Crippen molar-refractivity contribution in [2.24, 2.45) is 0 Å². The standard InChI is InChI=1S/C22H16N6OS/c29-21(25-20-10-12-23-19-11-13-24-28(19)20)9-8-16-15-27(17-5-2-1-3-6-17)26-22(16)18-7-4-14-30-18/h1-15H,(H,25,29)/b9-8+. The molecular weight excluding hydrogens is 396 g/mol. The van der Waals surface area contributed by atoms with Crippen LogP contribution in [0.15, 0.2) is 84.6 Å². The quantitative estimate of drug-likeness (QED) is 0.437. The zero-order chi connectivity index (χ0) is 20.3. The normalized spacial score (nSPS) is 11.3. The van der Waals surface area contributed by atoms with Crippen LogP contribution in [-0.2, 0) is 4.79 Å². The van der Waals surface area contributed by atoms with Crippen molar-refractivity contribution >= 4 is 34.8 Å². The number of amides is 1. The molecule has 7 nitrogen and oxygen atoms in total. The SMILES string of the molecule is O=C(/C=C/c1cn(-c2ccccc2)nc1-c1cccs1)Nc1ccnc2ccnn12. The van der Waals surface area contributed by atoms with Gasteiger partial charge < -0.3 is 5.32 Å². The number of thiophene rings is 1. The summed E-state index contributed by atoms with van der Waals surface area (Å²) in [5.74, 6) is 0.292. The van der Waals surface area contributed by atoms with Gasteiger partial charge in [-0.15, -0.1) is 11.3 Å². The van der Waals surface area contributed by atoms with Crippen molar-refractivity contribution in [3.05, 3.63) is 90.2 Å². The lowest BCUT2D eigenvalue weighted by Gasteiger charge is -2.04. The Balaban J connectivity index is 1.44. The van der Waals surface area contributed by atoms with Crippen molar-refractivity contribution in [2.45, 2.75) is 0 Å². The average Bonchev–Trinajstić information content (AvgIpc) is 3.53. The van der Waals surface area contributed by atoms with E-state index in [1.165, 1.54) is 6.08 Å². The first-order valence-corrected chi connectivity index (χ1v) is 10.1. The summed E-state index contributed by atoms with van der Waals surface area (Å²) in [4.78, 5) is 17.8. The van der Waals surface area contributed by atoms with Crippen LogP contribution in [0.25, 0.3) is 28.0 Å². The monoisotopic (exact) mass is 412 g/mol. The summed E-state index contributed by atoms with van der Waals surface area (Å²) in [5.41, 5.74) is 3.31. The van der Waals surface area contributed by atoms with Crippen LogP contribution in [0.1, 0.15) is 5.56 Å². The molecule has 5 rings (SSSR count). The minimum absolute atomic E-state index is 0.261. The summed E-state index contributed by atoms with van der Waals surface area (Å²) in [6.45, 7) is 0. The zero-order valence-electron chi connectivity index (χ0n) is 15.7. The lowest BCUT2D eigenvalue weighted by molar-refractivity contribution is -0.111. The molecule has 0 aliphatic heterocycles. The minimum atomic E-state index is -0.261. The molecule has 0 saturated heterocycles. The smallest absolute Gasteiger partial charge is 0.249 e. The molecule has 0 saturated carbocycles. The van der Waals surface area contributed by atoms with Gasteiger partial charge in [-0.05, 0) is 35.7 Å². The van der Waals surface area contributed by atoms with Crippen LogP contribution in [0, 0.1) is 0 Å². The van der Waals surface area contributed by atoms with Crippen molar-refractivity contribution in [1.82, 2.24) is 24.4 Å². The van der Waals surface area contributed by atoms with Crippen LogP contribution in [-0.4, -0.2) is 30.3 Å². The number of aromatic nitrogens is 5. The van der Waals surface area contributed by atoms with Gasteiger partial charge in [0.25, 0.3) is 0 Å². The number of benzene rings is 1. The number of hydrogen-bond donors (Lipinski definition) is 1. The Morgan fingerprint density at radius 2 is 1.93 bits per heavy atom. The van der Waals surface area contributed by atoms with Gasteiger partial charge in [0.1, 0.15) is 11.5 Å². The number of carbonyl (C=O) groups excluding carboxylic acids is 1. The molecule has 8 heteroatoms. The van der Waals surface area contributed by atoms with E-state index < -0.39 is 0 Å². The minimum Gasteiger partial charge on any atom is -0.307 e. The first kappa shape index (κ1) is 18.0. The van der Waals surface area contributed by atoms with Gasteiger partial charge in [0.15, 0.2) is 5.65 Å². The predicted molar refractivity (Wildman–Crippen MR) is 118 cm³/mol. The number of para-hydroxylation sites is 1. The summed E-state index contributed by atoms with van der Waals surface area (Å²) in [5, 5.41) is 13.8. The van der Waals surface area contributed by atoms with Crippen molar-refractivity contribution < 1.29 is 4.79 Å². The maximum Gasteiger partial charge on any atom is 0.249 e. The highest BCUT2D eigenvalue weighted by Crippen LogP contribution is 2.28. The molecule has 4 heterocycles. The lowest BCUT2D eigenvalue weighted by Crippen LogP contribution is -2.11. The van der Waals surface area contributed by atoms with E-state index in [2.05, 4.69) is 15.4 Å². The molecule has 146 valence electrons. The van der Waals surface area contributed by atoms with E-state index in [0.717, 1.165) is 21.8 Å². The van der Waals surface area contributed by atoms with Gasteiger partial charge in [-0.25, -0.2) is 9.67 Å². The number of carbonyl (C=O) groups is 1. The molecule has 0 bridgehead atoms. The van der Waals surface area contributed by atoms with Gasteiger partial charge >= 0.3 is 0 Å². The van der Waals surface area contributed by atoms with E-state index in [4.69, 9.17) is 5.10 Å². The molecule has 4 aromatic heterocycles. The van der Waals surface area contributed by atoms with E-state index in [-0.39, 0.29) is 5.91 Å². The predicted octanol–water partition coefficient (Wildman–Crippen LogP) is 4.30. The molecule has 30 heavy (non-hydrogen) atoms. The molecule has 1 amide bonds. The maximum absolute atomic E-state index is 12.5. The number of nitrogens with zero attached hydrogens (tertiary/aromatic N) is 5. The molecular formula is C22H16N6OS. The molecule has 0 spiro atoms. The molecule has 1 N–H and O–H groups in total. The summed E-state index contributed by atoms with van der Waals surface area (Å²) in [6.07, 6.45) is 8.47. The van der Waals surface area contributed by atoms with Crippen LogP contribution < -0.4 is 5.32 Å². The zero-order valence-corrected chi connectivity index (χ0v) is 16.5. The summed E-state index contributed by atoms with van der Waals surface area (Å²) >= 11 is 1.61. The van der Waals surface area contributed by atoms with E-state index >= 15 is 0 Å². The first-order chi connectivity index (χ1) is 14.8. The second-order valence-electron chi connectivity index (χ2n) is 6.44. The second-order valence-corrected chi connectivity index (χ2v) is 7.39. The fraction of sp³-hybridized carbons (Fsp3) is 0. The van der Waals surface area contributed by atoms with Gasteiger partial charge in [-0.3, -0.25) is 4.79 Å². The van der Waals surface area contributed by atoms with Gasteiger partial charge in [-0.2, -0.15) is 14.7 Å². The molecule has 0 fully saturated rings. The maximum atomic E-state index is 12.5. The number of hydrogen-bond acceptors (Lipinski definition) is 5. The molecule has 5 aromatic rings. The molecule has 0 radical (unpaired) electrons. The van der Waals surface area contributed by atoms with Crippen LogP contribution in [0.2, 0.25) is 0 Å². The summed E-state index contributed by atoms with van der Waals surface area (Å²) < 4.78 is 3.40. The Morgan fingerprint density at radius 1 is 1.03 bits per heavy atom. The number of fused-ring (bicyclic) bond motifs is 1. The second kappa shape index (κ2) is 7.76. The van der Waals surface area contributed by atoms with Crippen LogP contribution in [0.3, 0.4) is 0 Å². The van der Waals surface area contributed by atoms with E-state index in [1.54, 1.807) is 46.5 Å². The fourth-order valence-corrected chi connectivity index (χ4v) is 3.82. The number of rotatable bonds is 5. The Morgan fingerprint density at radius 3 is 2.77 bits per heavy atom. The third-order valence-corrected chi connectivity index (χ3v) is 5.35. The van der Waals surface area contributed by atoms with Crippen molar-refractivity contribution in [1.29, 1.82) is 0 Å². The highest BCUT2D eigenvalue weighted by Gasteiger charge is 2.12. The third kappa shape index (κ3) is 3.51. The Kier molecular flexibility index (Phi) is 4.66. The van der Waals surface area contributed by atoms with Crippen molar-refractivity contribution in [3.63, 3.8) is 0 Å². The van der Waals surface area contributed by atoms with Crippen LogP contribution >= 0.6 is 11.3 Å². The number of anilines is 1. The summed E-state index contributed by atoms with van der Waals surface area (Å²) in [7, 11) is 0. The Hall–Kier alpha value is -4.04. The highest BCUT2D eigenvalue weighted by molar-refractivity contribution is 7.13. The third-order valence-electron chi connectivity index (χ3n) is 4.47. The average molecular weight is 412 g/mol. The van der Waals surface area contributed by atoms with Gasteiger partial charge in [0.2, 0.25) is 5.91 Å². The number of nitrogens with one attached hydrogen (secondary N) is 1.